The van der Waals surface area contributed by atoms with E-state index < -0.39 is 6.10 Å². The van der Waals surface area contributed by atoms with Gasteiger partial charge in [0, 0.05) is 10.6 Å². The number of aliphatic hydroxyl groups excluding tert-OH is 1. The number of hydrogen-bond acceptors (Lipinski definition) is 3. The van der Waals surface area contributed by atoms with Gasteiger partial charge in [0.2, 0.25) is 0 Å². The SMILES string of the molecule is O[C@@H]1CC[C@H]2ON=C(c3ccc(Cl)cc3Cl)[C@@H]12. The van der Waals surface area contributed by atoms with E-state index in [0.29, 0.717) is 10.0 Å². The molecule has 90 valence electrons. The van der Waals surface area contributed by atoms with Gasteiger partial charge in [-0.25, -0.2) is 0 Å². The van der Waals surface area contributed by atoms with Crippen molar-refractivity contribution in [3.63, 3.8) is 0 Å². The molecule has 3 rings (SSSR count). The van der Waals surface area contributed by atoms with Crippen molar-refractivity contribution in [3.05, 3.63) is 33.8 Å². The molecule has 1 heterocycles. The molecule has 3 atom stereocenters. The smallest absolute Gasteiger partial charge is 0.138 e. The van der Waals surface area contributed by atoms with E-state index >= 15 is 0 Å². The third-order valence-electron chi connectivity index (χ3n) is 3.37. The summed E-state index contributed by atoms with van der Waals surface area (Å²) in [5.41, 5.74) is 1.53. The Morgan fingerprint density at radius 3 is 2.88 bits per heavy atom. The molecule has 1 aromatic carbocycles. The first-order valence-corrected chi connectivity index (χ1v) is 6.29. The Morgan fingerprint density at radius 1 is 1.29 bits per heavy atom. The number of fused-ring (bicyclic) bond motifs is 1. The van der Waals surface area contributed by atoms with Crippen molar-refractivity contribution < 1.29 is 9.94 Å². The maximum Gasteiger partial charge on any atom is 0.138 e. The van der Waals surface area contributed by atoms with Gasteiger partial charge in [0.15, 0.2) is 0 Å². The Bertz CT molecular complexity index is 489. The zero-order chi connectivity index (χ0) is 12.0. The van der Waals surface area contributed by atoms with E-state index in [0.717, 1.165) is 24.1 Å². The molecule has 5 heteroatoms. The van der Waals surface area contributed by atoms with Crippen LogP contribution in [0.4, 0.5) is 0 Å². The van der Waals surface area contributed by atoms with E-state index in [2.05, 4.69) is 5.16 Å². The van der Waals surface area contributed by atoms with E-state index in [1.54, 1.807) is 12.1 Å². The number of nitrogens with zero attached hydrogens (tertiary/aromatic N) is 1. The average Bonchev–Trinajstić information content (AvgIpc) is 2.83. The standard InChI is InChI=1S/C12H11Cl2NO2/c13-6-1-2-7(8(14)5-6)12-11-9(16)3-4-10(11)17-15-12/h1-2,5,9-11,16H,3-4H2/t9-,10-,11+/m1/s1. The van der Waals surface area contributed by atoms with Gasteiger partial charge in [-0.3, -0.25) is 0 Å². The van der Waals surface area contributed by atoms with Gasteiger partial charge in [-0.2, -0.15) is 0 Å². The van der Waals surface area contributed by atoms with Crippen molar-refractivity contribution in [2.45, 2.75) is 25.0 Å². The highest BCUT2D eigenvalue weighted by Gasteiger charge is 2.45. The lowest BCUT2D eigenvalue weighted by Gasteiger charge is -2.14. The first kappa shape index (κ1) is 11.3. The number of halogens is 2. The van der Waals surface area contributed by atoms with E-state index in [4.69, 9.17) is 28.0 Å². The summed E-state index contributed by atoms with van der Waals surface area (Å²) in [6.45, 7) is 0. The van der Waals surface area contributed by atoms with Crippen LogP contribution < -0.4 is 0 Å². The summed E-state index contributed by atoms with van der Waals surface area (Å²) in [6.07, 6.45) is 1.18. The topological polar surface area (TPSA) is 41.8 Å². The second-order valence-electron chi connectivity index (χ2n) is 4.42. The molecule has 0 bridgehead atoms. The molecule has 1 N–H and O–H groups in total. The molecule has 1 aliphatic heterocycles. The molecule has 3 nitrogen and oxygen atoms in total. The van der Waals surface area contributed by atoms with Crippen molar-refractivity contribution in [3.8, 4) is 0 Å². The lowest BCUT2D eigenvalue weighted by molar-refractivity contribution is 0.0583. The summed E-state index contributed by atoms with van der Waals surface area (Å²) in [5, 5.41) is 15.1. The molecule has 0 amide bonds. The summed E-state index contributed by atoms with van der Waals surface area (Å²) in [7, 11) is 0. The lowest BCUT2D eigenvalue weighted by atomic mass is 9.93. The zero-order valence-corrected chi connectivity index (χ0v) is 10.4. The van der Waals surface area contributed by atoms with Crippen molar-refractivity contribution in [1.29, 1.82) is 0 Å². The van der Waals surface area contributed by atoms with Gasteiger partial charge in [-0.1, -0.05) is 34.4 Å². The monoisotopic (exact) mass is 271 g/mol. The minimum Gasteiger partial charge on any atom is -0.392 e. The van der Waals surface area contributed by atoms with Crippen LogP contribution >= 0.6 is 23.2 Å². The van der Waals surface area contributed by atoms with Crippen LogP contribution in [-0.4, -0.2) is 23.0 Å². The molecule has 0 unspecified atom stereocenters. The summed E-state index contributed by atoms with van der Waals surface area (Å²) in [5.74, 6) is -0.0614. The number of rotatable bonds is 1. The molecule has 1 aromatic rings. The van der Waals surface area contributed by atoms with Gasteiger partial charge in [0.05, 0.1) is 22.8 Å². The van der Waals surface area contributed by atoms with E-state index in [9.17, 15) is 5.11 Å². The van der Waals surface area contributed by atoms with Gasteiger partial charge in [-0.05, 0) is 25.0 Å². The highest BCUT2D eigenvalue weighted by Crippen LogP contribution is 2.38. The highest BCUT2D eigenvalue weighted by atomic mass is 35.5. The Labute approximate surface area is 109 Å². The fourth-order valence-corrected chi connectivity index (χ4v) is 3.04. The highest BCUT2D eigenvalue weighted by molar-refractivity contribution is 6.37. The van der Waals surface area contributed by atoms with Crippen molar-refractivity contribution >= 4 is 28.9 Å². The maximum atomic E-state index is 9.95. The summed E-state index contributed by atoms with van der Waals surface area (Å²) in [6, 6.07) is 5.26. The van der Waals surface area contributed by atoms with Gasteiger partial charge in [-0.15, -0.1) is 0 Å². The van der Waals surface area contributed by atoms with Crippen molar-refractivity contribution in [2.75, 3.05) is 0 Å². The van der Waals surface area contributed by atoms with Gasteiger partial charge < -0.3 is 9.94 Å². The first-order valence-electron chi connectivity index (χ1n) is 5.54. The number of aliphatic hydroxyl groups is 1. The van der Waals surface area contributed by atoms with E-state index in [1.807, 2.05) is 6.07 Å². The Balaban J connectivity index is 1.99. The minimum atomic E-state index is -0.395. The maximum absolute atomic E-state index is 9.95. The van der Waals surface area contributed by atoms with Crippen LogP contribution in [0.25, 0.3) is 0 Å². The largest absolute Gasteiger partial charge is 0.392 e. The van der Waals surface area contributed by atoms with Crippen LogP contribution in [-0.2, 0) is 4.84 Å². The molecule has 0 radical (unpaired) electrons. The molecule has 0 spiro atoms. The molecular formula is C12H11Cl2NO2. The molecular weight excluding hydrogens is 261 g/mol. The number of oxime groups is 1. The van der Waals surface area contributed by atoms with Crippen molar-refractivity contribution in [2.24, 2.45) is 11.1 Å². The van der Waals surface area contributed by atoms with E-state index in [1.165, 1.54) is 0 Å². The Hall–Kier alpha value is -0.770. The fourth-order valence-electron chi connectivity index (χ4n) is 2.53. The fraction of sp³-hybridized carbons (Fsp3) is 0.417. The third kappa shape index (κ3) is 1.82. The quantitative estimate of drug-likeness (QED) is 0.854. The number of benzene rings is 1. The first-order chi connectivity index (χ1) is 8.16. The second kappa shape index (κ2) is 4.16. The van der Waals surface area contributed by atoms with Crippen LogP contribution in [0.1, 0.15) is 18.4 Å². The molecule has 17 heavy (non-hydrogen) atoms. The van der Waals surface area contributed by atoms with Crippen molar-refractivity contribution in [1.82, 2.24) is 0 Å². The molecule has 1 fully saturated rings. The zero-order valence-electron chi connectivity index (χ0n) is 8.94. The molecule has 1 saturated carbocycles. The number of hydrogen-bond donors (Lipinski definition) is 1. The van der Waals surface area contributed by atoms with Crippen LogP contribution in [0.15, 0.2) is 23.4 Å². The third-order valence-corrected chi connectivity index (χ3v) is 3.92. The molecule has 2 aliphatic rings. The molecule has 0 saturated heterocycles. The Morgan fingerprint density at radius 2 is 2.12 bits per heavy atom. The van der Waals surface area contributed by atoms with Crippen LogP contribution in [0, 0.1) is 5.92 Å². The predicted octanol–water partition coefficient (Wildman–Crippen LogP) is 2.87. The molecule has 1 aliphatic carbocycles. The normalized spacial score (nSPS) is 31.0. The molecule has 0 aromatic heterocycles. The second-order valence-corrected chi connectivity index (χ2v) is 5.26. The van der Waals surface area contributed by atoms with Gasteiger partial charge in [0.1, 0.15) is 6.10 Å². The van der Waals surface area contributed by atoms with Gasteiger partial charge in [0.25, 0.3) is 0 Å². The summed E-state index contributed by atoms with van der Waals surface area (Å²) < 4.78 is 0. The van der Waals surface area contributed by atoms with E-state index in [-0.39, 0.29) is 12.0 Å². The van der Waals surface area contributed by atoms with Crippen LogP contribution in [0.2, 0.25) is 10.0 Å². The summed E-state index contributed by atoms with van der Waals surface area (Å²) >= 11 is 12.0. The lowest BCUT2D eigenvalue weighted by Crippen LogP contribution is -2.27. The van der Waals surface area contributed by atoms with Crippen LogP contribution in [0.3, 0.4) is 0 Å². The van der Waals surface area contributed by atoms with Gasteiger partial charge >= 0.3 is 0 Å². The Kier molecular flexibility index (Phi) is 2.77. The predicted molar refractivity (Wildman–Crippen MR) is 66.6 cm³/mol. The summed E-state index contributed by atoms with van der Waals surface area (Å²) in [4.78, 5) is 5.34. The minimum absolute atomic E-state index is 0.00764. The average molecular weight is 272 g/mol. The van der Waals surface area contributed by atoms with Crippen LogP contribution in [0.5, 0.6) is 0 Å².